The third-order valence-electron chi connectivity index (χ3n) is 3.09. The third-order valence-corrected chi connectivity index (χ3v) is 3.09. The number of hydrogen-bond donors (Lipinski definition) is 1. The molecule has 0 radical (unpaired) electrons. The first-order chi connectivity index (χ1) is 9.58. The Morgan fingerprint density at radius 3 is 2.85 bits per heavy atom. The predicted molar refractivity (Wildman–Crippen MR) is 76.3 cm³/mol. The van der Waals surface area contributed by atoms with Gasteiger partial charge in [-0.25, -0.2) is 0 Å². The summed E-state index contributed by atoms with van der Waals surface area (Å²) in [5.41, 5.74) is 1.17. The monoisotopic (exact) mass is 277 g/mol. The fraction of sp³-hybridized carbons (Fsp3) is 0.643. The lowest BCUT2D eigenvalue weighted by atomic mass is 10.2. The first kappa shape index (κ1) is 14.7. The molecule has 0 amide bonds. The quantitative estimate of drug-likeness (QED) is 0.840. The minimum atomic E-state index is 0.0414. The Balaban J connectivity index is 1.87. The molecule has 110 valence electrons. The molecule has 20 heavy (non-hydrogen) atoms. The topological polar surface area (TPSA) is 68.8 Å². The van der Waals surface area contributed by atoms with Crippen LogP contribution in [-0.2, 0) is 13.0 Å². The van der Waals surface area contributed by atoms with Crippen LogP contribution >= 0.6 is 0 Å². The molecular formula is C14H23N5O. The SMILES string of the molecule is CCCc1noc([C@H](C)N[C@@H](C)Cn2cc(C)cn2)n1. The minimum absolute atomic E-state index is 0.0414. The summed E-state index contributed by atoms with van der Waals surface area (Å²) in [7, 11) is 0. The molecule has 1 N–H and O–H groups in total. The highest BCUT2D eigenvalue weighted by molar-refractivity contribution is 4.99. The lowest BCUT2D eigenvalue weighted by molar-refractivity contribution is 0.314. The van der Waals surface area contributed by atoms with E-state index in [4.69, 9.17) is 4.52 Å². The van der Waals surface area contributed by atoms with Crippen LogP contribution in [0.2, 0.25) is 0 Å². The van der Waals surface area contributed by atoms with Gasteiger partial charge < -0.3 is 9.84 Å². The van der Waals surface area contributed by atoms with Crippen molar-refractivity contribution in [3.63, 3.8) is 0 Å². The minimum Gasteiger partial charge on any atom is -0.338 e. The van der Waals surface area contributed by atoms with E-state index in [1.165, 1.54) is 5.56 Å². The highest BCUT2D eigenvalue weighted by atomic mass is 16.5. The Morgan fingerprint density at radius 1 is 1.40 bits per heavy atom. The van der Waals surface area contributed by atoms with Gasteiger partial charge >= 0.3 is 0 Å². The van der Waals surface area contributed by atoms with Crippen molar-refractivity contribution in [3.8, 4) is 0 Å². The molecule has 6 nitrogen and oxygen atoms in total. The molecule has 0 saturated heterocycles. The molecule has 2 rings (SSSR count). The molecule has 0 aliphatic rings. The molecule has 0 unspecified atom stereocenters. The Bertz CT molecular complexity index is 533. The highest BCUT2D eigenvalue weighted by Crippen LogP contribution is 2.11. The van der Waals surface area contributed by atoms with Gasteiger partial charge in [-0.2, -0.15) is 10.1 Å². The van der Waals surface area contributed by atoms with Crippen LogP contribution in [0.1, 0.15) is 50.5 Å². The van der Waals surface area contributed by atoms with Gasteiger partial charge in [0.15, 0.2) is 5.82 Å². The lowest BCUT2D eigenvalue weighted by Gasteiger charge is -2.17. The molecule has 0 bridgehead atoms. The molecule has 6 heteroatoms. The van der Waals surface area contributed by atoms with Crippen LogP contribution in [0, 0.1) is 6.92 Å². The normalized spacial score (nSPS) is 14.4. The second kappa shape index (κ2) is 6.65. The Hall–Kier alpha value is -1.69. The number of nitrogens with one attached hydrogen (secondary N) is 1. The Kier molecular flexibility index (Phi) is 4.89. The number of aryl methyl sites for hydroxylation is 2. The maximum Gasteiger partial charge on any atom is 0.243 e. The van der Waals surface area contributed by atoms with Crippen molar-refractivity contribution in [1.29, 1.82) is 0 Å². The van der Waals surface area contributed by atoms with Crippen molar-refractivity contribution in [3.05, 3.63) is 29.7 Å². The summed E-state index contributed by atoms with van der Waals surface area (Å²) < 4.78 is 7.23. The van der Waals surface area contributed by atoms with Crippen LogP contribution in [-0.4, -0.2) is 26.0 Å². The van der Waals surface area contributed by atoms with Crippen LogP contribution in [0.4, 0.5) is 0 Å². The van der Waals surface area contributed by atoms with Crippen molar-refractivity contribution in [2.45, 2.75) is 59.2 Å². The molecule has 0 aliphatic carbocycles. The highest BCUT2D eigenvalue weighted by Gasteiger charge is 2.16. The van der Waals surface area contributed by atoms with Gasteiger partial charge in [0.1, 0.15) is 0 Å². The summed E-state index contributed by atoms with van der Waals surface area (Å²) in [4.78, 5) is 4.40. The zero-order chi connectivity index (χ0) is 14.5. The molecule has 2 aromatic heterocycles. The molecular weight excluding hydrogens is 254 g/mol. The summed E-state index contributed by atoms with van der Waals surface area (Å²) in [6.45, 7) is 9.11. The van der Waals surface area contributed by atoms with E-state index in [-0.39, 0.29) is 12.1 Å². The van der Waals surface area contributed by atoms with Gasteiger partial charge in [-0.15, -0.1) is 0 Å². The number of rotatable bonds is 7. The van der Waals surface area contributed by atoms with E-state index < -0.39 is 0 Å². The molecule has 0 aliphatic heterocycles. The van der Waals surface area contributed by atoms with Gasteiger partial charge in [0, 0.05) is 18.7 Å². The summed E-state index contributed by atoms with van der Waals surface area (Å²) in [5.74, 6) is 1.43. The van der Waals surface area contributed by atoms with Crippen LogP contribution in [0.5, 0.6) is 0 Å². The van der Waals surface area contributed by atoms with E-state index in [2.05, 4.69) is 34.4 Å². The van der Waals surface area contributed by atoms with Crippen LogP contribution in [0.25, 0.3) is 0 Å². The fourth-order valence-corrected chi connectivity index (χ4v) is 2.17. The molecule has 2 atom stereocenters. The molecule has 0 aromatic carbocycles. The van der Waals surface area contributed by atoms with E-state index in [9.17, 15) is 0 Å². The second-order valence-corrected chi connectivity index (χ2v) is 5.33. The van der Waals surface area contributed by atoms with Crippen molar-refractivity contribution in [1.82, 2.24) is 25.2 Å². The average Bonchev–Trinajstić information content (AvgIpc) is 2.99. The molecule has 0 spiro atoms. The first-order valence-electron chi connectivity index (χ1n) is 7.16. The number of nitrogens with zero attached hydrogens (tertiary/aromatic N) is 4. The summed E-state index contributed by atoms with van der Waals surface area (Å²) >= 11 is 0. The van der Waals surface area contributed by atoms with Gasteiger partial charge in [0.2, 0.25) is 5.89 Å². The summed E-state index contributed by atoms with van der Waals surface area (Å²) in [6.07, 6.45) is 5.79. The van der Waals surface area contributed by atoms with Gasteiger partial charge in [-0.1, -0.05) is 12.1 Å². The third kappa shape index (κ3) is 3.90. The van der Waals surface area contributed by atoms with Crippen LogP contribution < -0.4 is 5.32 Å². The zero-order valence-electron chi connectivity index (χ0n) is 12.6. The number of hydrogen-bond acceptors (Lipinski definition) is 5. The summed E-state index contributed by atoms with van der Waals surface area (Å²) in [5, 5.41) is 11.7. The average molecular weight is 277 g/mol. The van der Waals surface area contributed by atoms with Crippen molar-refractivity contribution in [2.24, 2.45) is 0 Å². The second-order valence-electron chi connectivity index (χ2n) is 5.33. The molecule has 2 aromatic rings. The van der Waals surface area contributed by atoms with Crippen molar-refractivity contribution >= 4 is 0 Å². The van der Waals surface area contributed by atoms with Crippen molar-refractivity contribution < 1.29 is 4.52 Å². The van der Waals surface area contributed by atoms with Gasteiger partial charge in [-0.3, -0.25) is 4.68 Å². The fourth-order valence-electron chi connectivity index (χ4n) is 2.17. The largest absolute Gasteiger partial charge is 0.338 e. The smallest absolute Gasteiger partial charge is 0.243 e. The van der Waals surface area contributed by atoms with Crippen LogP contribution in [0.3, 0.4) is 0 Å². The van der Waals surface area contributed by atoms with E-state index in [0.717, 1.165) is 25.2 Å². The van der Waals surface area contributed by atoms with Gasteiger partial charge in [0.25, 0.3) is 0 Å². The molecule has 0 fully saturated rings. The first-order valence-corrected chi connectivity index (χ1v) is 7.16. The summed E-state index contributed by atoms with van der Waals surface area (Å²) in [6, 6.07) is 0.311. The van der Waals surface area contributed by atoms with Gasteiger partial charge in [0.05, 0.1) is 18.8 Å². The van der Waals surface area contributed by atoms with Crippen molar-refractivity contribution in [2.75, 3.05) is 0 Å². The van der Waals surface area contributed by atoms with Gasteiger partial charge in [-0.05, 0) is 32.8 Å². The van der Waals surface area contributed by atoms with E-state index >= 15 is 0 Å². The predicted octanol–water partition coefficient (Wildman–Crippen LogP) is 2.27. The van der Waals surface area contributed by atoms with E-state index in [1.807, 2.05) is 30.9 Å². The number of aromatic nitrogens is 4. The Labute approximate surface area is 119 Å². The maximum absolute atomic E-state index is 5.29. The van der Waals surface area contributed by atoms with Crippen LogP contribution in [0.15, 0.2) is 16.9 Å². The van der Waals surface area contributed by atoms with E-state index in [0.29, 0.717) is 5.89 Å². The molecule has 0 saturated carbocycles. The molecule has 2 heterocycles. The van der Waals surface area contributed by atoms with E-state index in [1.54, 1.807) is 0 Å². The zero-order valence-corrected chi connectivity index (χ0v) is 12.6. The maximum atomic E-state index is 5.29. The lowest BCUT2D eigenvalue weighted by Crippen LogP contribution is -2.33. The Morgan fingerprint density at radius 2 is 2.20 bits per heavy atom. The standard InChI is InChI=1S/C14H23N5O/c1-5-6-13-17-14(20-18-13)12(4)16-11(3)9-19-8-10(2)7-15-19/h7-8,11-12,16H,5-6,9H2,1-4H3/t11-,12-/m0/s1.